The molecule has 3 N–H and O–H groups in total. The molecular formula is C18H32N2O5. The molecule has 3 atom stereocenters. The molecule has 0 saturated carbocycles. The Hall–Kier alpha value is -1.63. The molecule has 0 unspecified atom stereocenters. The Balaban J connectivity index is 0.000000970. The summed E-state index contributed by atoms with van der Waals surface area (Å²) in [6.07, 6.45) is 7.64. The third kappa shape index (κ3) is 7.02. The van der Waals surface area contributed by atoms with Crippen molar-refractivity contribution in [3.8, 4) is 0 Å². The quantitative estimate of drug-likeness (QED) is 0.628. The molecule has 0 bridgehead atoms. The lowest BCUT2D eigenvalue weighted by Crippen LogP contribution is -2.48. The monoisotopic (exact) mass is 356 g/mol. The van der Waals surface area contributed by atoms with Gasteiger partial charge < -0.3 is 20.4 Å². The average molecular weight is 356 g/mol. The minimum absolute atomic E-state index is 0.0926. The highest BCUT2D eigenvalue weighted by Crippen LogP contribution is 2.33. The van der Waals surface area contributed by atoms with Crippen LogP contribution in [0.1, 0.15) is 58.8 Å². The molecule has 0 aromatic rings. The minimum Gasteiger partial charge on any atom is -0.483 e. The van der Waals surface area contributed by atoms with Crippen LogP contribution in [0.4, 0.5) is 0 Å². The number of hydrogen-bond donors (Lipinski definition) is 3. The number of nitrogens with zero attached hydrogens (tertiary/aromatic N) is 1. The summed E-state index contributed by atoms with van der Waals surface area (Å²) in [6, 6.07) is -0.124. The lowest BCUT2D eigenvalue weighted by Gasteiger charge is -2.44. The van der Waals surface area contributed by atoms with Gasteiger partial charge in [0.1, 0.15) is 6.04 Å². The van der Waals surface area contributed by atoms with Crippen molar-refractivity contribution in [3.05, 3.63) is 0 Å². The second kappa shape index (κ2) is 11.1. The summed E-state index contributed by atoms with van der Waals surface area (Å²) in [6.45, 7) is 5.81. The zero-order chi connectivity index (χ0) is 18.8. The molecule has 2 heterocycles. The average Bonchev–Trinajstić information content (AvgIpc) is 2.58. The van der Waals surface area contributed by atoms with E-state index in [1.54, 1.807) is 0 Å². The van der Waals surface area contributed by atoms with Crippen LogP contribution in [0.2, 0.25) is 0 Å². The Morgan fingerprint density at radius 2 is 1.84 bits per heavy atom. The molecule has 0 spiro atoms. The molecule has 2 aliphatic heterocycles. The zero-order valence-corrected chi connectivity index (χ0v) is 15.3. The Bertz CT molecular complexity index is 439. The number of piperidine rings is 2. The fourth-order valence-corrected chi connectivity index (χ4v) is 3.99. The highest BCUT2D eigenvalue weighted by atomic mass is 16.4. The first kappa shape index (κ1) is 21.4. The van der Waals surface area contributed by atoms with Gasteiger partial charge in [0, 0.05) is 12.5 Å². The van der Waals surface area contributed by atoms with E-state index in [0.29, 0.717) is 18.4 Å². The number of rotatable bonds is 6. The number of amides is 1. The molecule has 7 nitrogen and oxygen atoms in total. The van der Waals surface area contributed by atoms with E-state index in [4.69, 9.17) is 15.0 Å². The first-order valence-corrected chi connectivity index (χ1v) is 9.24. The second-order valence-corrected chi connectivity index (χ2v) is 7.27. The first-order valence-electron chi connectivity index (χ1n) is 9.24. The normalized spacial score (nSPS) is 24.4. The number of aliphatic carboxylic acids is 1. The number of carbonyl (C=O) groups is 3. The van der Waals surface area contributed by atoms with Gasteiger partial charge in [-0.1, -0.05) is 20.3 Å². The summed E-state index contributed by atoms with van der Waals surface area (Å²) in [5, 5.41) is 18.7. The number of carboxylic acids is 1. The zero-order valence-electron chi connectivity index (χ0n) is 15.3. The number of nitrogens with one attached hydrogen (secondary N) is 1. The van der Waals surface area contributed by atoms with Gasteiger partial charge in [-0.05, 0) is 57.0 Å². The van der Waals surface area contributed by atoms with Gasteiger partial charge in [0.2, 0.25) is 5.91 Å². The second-order valence-electron chi connectivity index (χ2n) is 7.27. The summed E-state index contributed by atoms with van der Waals surface area (Å²) >= 11 is 0. The summed E-state index contributed by atoms with van der Waals surface area (Å²) in [7, 11) is 0. The van der Waals surface area contributed by atoms with E-state index >= 15 is 0 Å². The van der Waals surface area contributed by atoms with E-state index in [0.717, 1.165) is 6.42 Å². The van der Waals surface area contributed by atoms with E-state index in [1.165, 1.54) is 45.2 Å². The van der Waals surface area contributed by atoms with Gasteiger partial charge in [-0.15, -0.1) is 0 Å². The summed E-state index contributed by atoms with van der Waals surface area (Å²) in [5.74, 6) is -0.555. The smallest absolute Gasteiger partial charge is 0.326 e. The van der Waals surface area contributed by atoms with Crippen LogP contribution in [0.25, 0.3) is 0 Å². The molecule has 0 aromatic heterocycles. The standard InChI is InChI=1S/C17H30N2O3.CH2O2/c1-12(2)16(17(21)22)18-15(20)9-8-13-6-5-11-19-10-4-3-7-14(13)19;2-1-3/h12-14,16H,3-11H2,1-2H3,(H,18,20)(H,21,22);1H,(H,2,3)/t13-,14+,16+;/m0./s1. The van der Waals surface area contributed by atoms with Gasteiger partial charge in [-0.25, -0.2) is 4.79 Å². The van der Waals surface area contributed by atoms with Crippen molar-refractivity contribution in [1.29, 1.82) is 0 Å². The van der Waals surface area contributed by atoms with Crippen molar-refractivity contribution >= 4 is 18.3 Å². The first-order chi connectivity index (χ1) is 11.9. The van der Waals surface area contributed by atoms with Gasteiger partial charge in [-0.2, -0.15) is 0 Å². The van der Waals surface area contributed by atoms with Crippen LogP contribution < -0.4 is 5.32 Å². The van der Waals surface area contributed by atoms with Crippen molar-refractivity contribution in [1.82, 2.24) is 10.2 Å². The van der Waals surface area contributed by atoms with Crippen LogP contribution in [0, 0.1) is 11.8 Å². The molecule has 25 heavy (non-hydrogen) atoms. The molecule has 2 aliphatic rings. The van der Waals surface area contributed by atoms with E-state index in [9.17, 15) is 9.59 Å². The molecule has 0 radical (unpaired) electrons. The van der Waals surface area contributed by atoms with Crippen molar-refractivity contribution in [2.45, 2.75) is 70.9 Å². The van der Waals surface area contributed by atoms with Crippen molar-refractivity contribution in [3.63, 3.8) is 0 Å². The van der Waals surface area contributed by atoms with Gasteiger partial charge >= 0.3 is 5.97 Å². The fourth-order valence-electron chi connectivity index (χ4n) is 3.99. The van der Waals surface area contributed by atoms with Gasteiger partial charge in [-0.3, -0.25) is 9.59 Å². The van der Waals surface area contributed by atoms with Crippen molar-refractivity contribution < 1.29 is 24.6 Å². The topological polar surface area (TPSA) is 107 Å². The van der Waals surface area contributed by atoms with Crippen LogP contribution in [0.15, 0.2) is 0 Å². The molecule has 0 aromatic carbocycles. The van der Waals surface area contributed by atoms with Crippen LogP contribution in [-0.4, -0.2) is 58.6 Å². The van der Waals surface area contributed by atoms with E-state index in [-0.39, 0.29) is 18.3 Å². The predicted molar refractivity (Wildman–Crippen MR) is 94.3 cm³/mol. The summed E-state index contributed by atoms with van der Waals surface area (Å²) < 4.78 is 0. The van der Waals surface area contributed by atoms with Crippen molar-refractivity contribution in [2.75, 3.05) is 13.1 Å². The Labute approximate surface area is 149 Å². The van der Waals surface area contributed by atoms with Crippen LogP contribution >= 0.6 is 0 Å². The lowest BCUT2D eigenvalue weighted by molar-refractivity contribution is -0.143. The molecule has 144 valence electrons. The minimum atomic E-state index is -0.945. The highest BCUT2D eigenvalue weighted by molar-refractivity contribution is 5.83. The molecular weight excluding hydrogens is 324 g/mol. The lowest BCUT2D eigenvalue weighted by atomic mass is 9.81. The molecule has 1 amide bonds. The third-order valence-corrected chi connectivity index (χ3v) is 5.22. The number of fused-ring (bicyclic) bond motifs is 1. The molecule has 2 fully saturated rings. The maximum atomic E-state index is 12.1. The van der Waals surface area contributed by atoms with E-state index in [2.05, 4.69) is 10.2 Å². The predicted octanol–water partition coefficient (Wildman–Crippen LogP) is 1.96. The molecule has 2 saturated heterocycles. The van der Waals surface area contributed by atoms with Crippen LogP contribution in [0.3, 0.4) is 0 Å². The van der Waals surface area contributed by atoms with Crippen LogP contribution in [-0.2, 0) is 14.4 Å². The molecule has 0 aliphatic carbocycles. The van der Waals surface area contributed by atoms with E-state index in [1.807, 2.05) is 13.8 Å². The number of carboxylic acid groups (broad SMARTS) is 2. The third-order valence-electron chi connectivity index (χ3n) is 5.22. The Morgan fingerprint density at radius 3 is 2.44 bits per heavy atom. The SMILES string of the molecule is CC(C)[C@@H](NC(=O)CC[C@@H]1CCCN2CCCC[C@H]12)C(=O)O.O=CO. The van der Waals surface area contributed by atoms with Crippen LogP contribution in [0.5, 0.6) is 0 Å². The largest absolute Gasteiger partial charge is 0.483 e. The van der Waals surface area contributed by atoms with Gasteiger partial charge in [0.05, 0.1) is 0 Å². The number of carbonyl (C=O) groups excluding carboxylic acids is 1. The maximum absolute atomic E-state index is 12.1. The maximum Gasteiger partial charge on any atom is 0.326 e. The Morgan fingerprint density at radius 1 is 1.20 bits per heavy atom. The van der Waals surface area contributed by atoms with E-state index < -0.39 is 12.0 Å². The van der Waals surface area contributed by atoms with Crippen molar-refractivity contribution in [2.24, 2.45) is 11.8 Å². The van der Waals surface area contributed by atoms with Gasteiger partial charge in [0.15, 0.2) is 0 Å². The van der Waals surface area contributed by atoms with Gasteiger partial charge in [0.25, 0.3) is 6.47 Å². The summed E-state index contributed by atoms with van der Waals surface area (Å²) in [4.78, 5) is 34.2. The fraction of sp³-hybridized carbons (Fsp3) is 0.833. The highest BCUT2D eigenvalue weighted by Gasteiger charge is 2.33. The number of hydrogen-bond acceptors (Lipinski definition) is 4. The molecule has 2 rings (SSSR count). The summed E-state index contributed by atoms with van der Waals surface area (Å²) in [5.41, 5.74) is 0. The Kier molecular flexibility index (Phi) is 9.49. The molecule has 7 heteroatoms.